The number of aliphatic hydroxyl groups excluding tert-OH is 1. The molecule has 0 aliphatic carbocycles. The summed E-state index contributed by atoms with van der Waals surface area (Å²) in [6.07, 6.45) is 1.42. The number of nitrogens with zero attached hydrogens (tertiary/aromatic N) is 4. The molecule has 0 bridgehead atoms. The van der Waals surface area contributed by atoms with Crippen LogP contribution in [0.2, 0.25) is 0 Å². The Kier molecular flexibility index (Phi) is 3.97. The number of nitrogen functional groups attached to an aromatic ring is 1. The second-order valence-corrected chi connectivity index (χ2v) is 6.08. The number of rotatable bonds is 2. The normalized spacial score (nSPS) is 26.0. The second-order valence-electron chi connectivity index (χ2n) is 6.08. The number of nitrogens with two attached hydrogens (primary N) is 1. The summed E-state index contributed by atoms with van der Waals surface area (Å²) in [5, 5.41) is 13.6. The summed E-state index contributed by atoms with van der Waals surface area (Å²) in [6.45, 7) is 3.22. The number of anilines is 2. The van der Waals surface area contributed by atoms with Crippen molar-refractivity contribution in [2.45, 2.75) is 25.0 Å². The Morgan fingerprint density at radius 3 is 2.71 bits per heavy atom. The molecule has 7 heteroatoms. The highest BCUT2D eigenvalue weighted by Crippen LogP contribution is 2.28. The molecule has 4 N–H and O–H groups in total. The van der Waals surface area contributed by atoms with Crippen LogP contribution in [0.4, 0.5) is 11.8 Å². The molecule has 0 saturated carbocycles. The number of nitrogens with one attached hydrogen (secondary N) is 1. The van der Waals surface area contributed by atoms with Crippen LogP contribution in [-0.2, 0) is 12.8 Å². The summed E-state index contributed by atoms with van der Waals surface area (Å²) >= 11 is 0. The molecule has 2 aliphatic rings. The van der Waals surface area contributed by atoms with Crippen molar-refractivity contribution in [2.75, 3.05) is 50.9 Å². The topological polar surface area (TPSA) is 90.5 Å². The van der Waals surface area contributed by atoms with Gasteiger partial charge in [-0.1, -0.05) is 0 Å². The molecule has 1 aromatic rings. The van der Waals surface area contributed by atoms with E-state index in [4.69, 9.17) is 5.73 Å². The minimum absolute atomic E-state index is 0.126. The van der Waals surface area contributed by atoms with Gasteiger partial charge in [-0.2, -0.15) is 4.98 Å². The third-order valence-electron chi connectivity index (χ3n) is 4.40. The Balaban J connectivity index is 1.94. The van der Waals surface area contributed by atoms with E-state index in [0.717, 1.165) is 44.0 Å². The predicted molar refractivity (Wildman–Crippen MR) is 82.4 cm³/mol. The number of aromatic nitrogens is 2. The third kappa shape index (κ3) is 2.81. The Bertz CT molecular complexity index is 520. The lowest BCUT2D eigenvalue weighted by molar-refractivity contribution is 0.114. The lowest BCUT2D eigenvalue weighted by Gasteiger charge is -2.23. The van der Waals surface area contributed by atoms with Crippen LogP contribution in [0.25, 0.3) is 0 Å². The minimum Gasteiger partial charge on any atom is -0.390 e. The molecule has 0 radical (unpaired) electrons. The smallest absolute Gasteiger partial charge is 0.222 e. The molecule has 0 unspecified atom stereocenters. The number of likely N-dealkylation sites (N-methyl/N-ethyl adjacent to an activating group) is 1. The monoisotopic (exact) mass is 292 g/mol. The quantitative estimate of drug-likeness (QED) is 0.634. The van der Waals surface area contributed by atoms with Gasteiger partial charge in [0.2, 0.25) is 5.95 Å². The van der Waals surface area contributed by atoms with Crippen LogP contribution in [0, 0.1) is 0 Å². The van der Waals surface area contributed by atoms with E-state index in [1.54, 1.807) is 0 Å². The summed E-state index contributed by atoms with van der Waals surface area (Å²) < 4.78 is 0. The molecule has 0 spiro atoms. The van der Waals surface area contributed by atoms with Gasteiger partial charge in [0.1, 0.15) is 5.82 Å². The zero-order valence-electron chi connectivity index (χ0n) is 12.7. The highest BCUT2D eigenvalue weighted by atomic mass is 16.3. The zero-order valence-corrected chi connectivity index (χ0v) is 12.7. The zero-order chi connectivity index (χ0) is 15.0. The first-order valence-electron chi connectivity index (χ1n) is 7.51. The molecule has 2 aliphatic heterocycles. The highest BCUT2D eigenvalue weighted by Gasteiger charge is 2.35. The number of fused-ring (bicyclic) bond motifs is 1. The standard InChI is InChI=1S/C14H24N6O/c1-19(2)11-7-20(8-12(11)21)13-9-3-5-16-6-4-10(9)17-14(15)18-13/h11-12,16,21H,3-8H2,1-2H3,(H2,15,17,18)/t11-,12-/m0/s1. The molecule has 3 heterocycles. The molecule has 3 rings (SSSR count). The summed E-state index contributed by atoms with van der Waals surface area (Å²) in [5.74, 6) is 1.23. The lowest BCUT2D eigenvalue weighted by Crippen LogP contribution is -2.38. The van der Waals surface area contributed by atoms with Gasteiger partial charge < -0.3 is 26.0 Å². The van der Waals surface area contributed by atoms with E-state index in [-0.39, 0.29) is 12.1 Å². The van der Waals surface area contributed by atoms with Crippen molar-refractivity contribution in [3.05, 3.63) is 11.3 Å². The van der Waals surface area contributed by atoms with Crippen molar-refractivity contribution in [3.63, 3.8) is 0 Å². The van der Waals surface area contributed by atoms with Gasteiger partial charge in [-0.25, -0.2) is 4.98 Å². The van der Waals surface area contributed by atoms with Crippen LogP contribution in [0.1, 0.15) is 11.3 Å². The fourth-order valence-electron chi connectivity index (χ4n) is 3.26. The minimum atomic E-state index is -0.365. The van der Waals surface area contributed by atoms with Crippen LogP contribution >= 0.6 is 0 Å². The first-order valence-corrected chi connectivity index (χ1v) is 7.51. The van der Waals surface area contributed by atoms with E-state index in [1.165, 1.54) is 5.56 Å². The van der Waals surface area contributed by atoms with E-state index in [9.17, 15) is 5.11 Å². The van der Waals surface area contributed by atoms with E-state index < -0.39 is 0 Å². The van der Waals surface area contributed by atoms with E-state index in [0.29, 0.717) is 12.5 Å². The van der Waals surface area contributed by atoms with Crippen molar-refractivity contribution in [3.8, 4) is 0 Å². The number of β-amino-alcohol motifs (C(OH)–C–C–N with tert-alkyl or cyclic N) is 1. The number of aliphatic hydroxyl groups is 1. The fraction of sp³-hybridized carbons (Fsp3) is 0.714. The molecule has 0 aromatic carbocycles. The maximum absolute atomic E-state index is 10.2. The average Bonchev–Trinajstić information content (AvgIpc) is 2.66. The van der Waals surface area contributed by atoms with Gasteiger partial charge in [0.15, 0.2) is 0 Å². The summed E-state index contributed by atoms with van der Waals surface area (Å²) in [7, 11) is 3.99. The van der Waals surface area contributed by atoms with Gasteiger partial charge in [-0.05, 0) is 27.1 Å². The first-order chi connectivity index (χ1) is 10.1. The highest BCUT2D eigenvalue weighted by molar-refractivity contribution is 5.54. The molecular formula is C14H24N6O. The third-order valence-corrected chi connectivity index (χ3v) is 4.40. The molecule has 1 aromatic heterocycles. The molecule has 1 fully saturated rings. The van der Waals surface area contributed by atoms with E-state index in [2.05, 4.69) is 25.1 Å². The fourth-order valence-corrected chi connectivity index (χ4v) is 3.26. The van der Waals surface area contributed by atoms with Crippen molar-refractivity contribution >= 4 is 11.8 Å². The SMILES string of the molecule is CN(C)[C@H]1CN(c2nc(N)nc3c2CCNCC3)C[C@@H]1O. The molecule has 1 saturated heterocycles. The van der Waals surface area contributed by atoms with E-state index >= 15 is 0 Å². The molecular weight excluding hydrogens is 268 g/mol. The van der Waals surface area contributed by atoms with Gasteiger partial charge in [0.25, 0.3) is 0 Å². The van der Waals surface area contributed by atoms with Gasteiger partial charge in [0, 0.05) is 31.6 Å². The van der Waals surface area contributed by atoms with Crippen LogP contribution in [0.3, 0.4) is 0 Å². The Labute approximate surface area is 125 Å². The predicted octanol–water partition coefficient (Wildman–Crippen LogP) is -1.14. The van der Waals surface area contributed by atoms with Gasteiger partial charge >= 0.3 is 0 Å². The van der Waals surface area contributed by atoms with Gasteiger partial charge in [0.05, 0.1) is 17.8 Å². The number of hydrogen-bond donors (Lipinski definition) is 3. The van der Waals surface area contributed by atoms with E-state index in [1.807, 2.05) is 14.1 Å². The maximum atomic E-state index is 10.2. The summed E-state index contributed by atoms with van der Waals surface area (Å²) in [5.41, 5.74) is 8.12. The van der Waals surface area contributed by atoms with Gasteiger partial charge in [-0.3, -0.25) is 0 Å². The lowest BCUT2D eigenvalue weighted by atomic mass is 10.1. The van der Waals surface area contributed by atoms with Crippen molar-refractivity contribution < 1.29 is 5.11 Å². The molecule has 21 heavy (non-hydrogen) atoms. The molecule has 116 valence electrons. The second kappa shape index (κ2) is 5.75. The van der Waals surface area contributed by atoms with Crippen LogP contribution < -0.4 is 16.0 Å². The van der Waals surface area contributed by atoms with Crippen molar-refractivity contribution in [1.82, 2.24) is 20.2 Å². The first kappa shape index (κ1) is 14.5. The summed E-state index contributed by atoms with van der Waals surface area (Å²) in [6, 6.07) is 0.126. The largest absolute Gasteiger partial charge is 0.390 e. The van der Waals surface area contributed by atoms with Crippen molar-refractivity contribution in [1.29, 1.82) is 0 Å². The van der Waals surface area contributed by atoms with Crippen LogP contribution in [0.5, 0.6) is 0 Å². The molecule has 2 atom stereocenters. The van der Waals surface area contributed by atoms with Crippen LogP contribution in [0.15, 0.2) is 0 Å². The molecule has 0 amide bonds. The average molecular weight is 292 g/mol. The summed E-state index contributed by atoms with van der Waals surface area (Å²) in [4.78, 5) is 13.1. The van der Waals surface area contributed by atoms with Gasteiger partial charge in [-0.15, -0.1) is 0 Å². The Hall–Kier alpha value is -1.44. The Morgan fingerprint density at radius 1 is 1.24 bits per heavy atom. The molecule has 7 nitrogen and oxygen atoms in total. The van der Waals surface area contributed by atoms with Crippen molar-refractivity contribution in [2.24, 2.45) is 0 Å². The Morgan fingerprint density at radius 2 is 2.00 bits per heavy atom. The maximum Gasteiger partial charge on any atom is 0.222 e. The number of hydrogen-bond acceptors (Lipinski definition) is 7. The van der Waals surface area contributed by atoms with Crippen LogP contribution in [-0.4, -0.2) is 72.4 Å².